The molecule has 5 nitrogen and oxygen atoms in total. The molecule has 122 valence electrons. The first kappa shape index (κ1) is 15.8. The Balaban J connectivity index is 1.70. The van der Waals surface area contributed by atoms with E-state index in [2.05, 4.69) is 15.5 Å². The lowest BCUT2D eigenvalue weighted by molar-refractivity contribution is -0.115. The van der Waals surface area contributed by atoms with Crippen molar-refractivity contribution in [1.82, 2.24) is 10.2 Å². The summed E-state index contributed by atoms with van der Waals surface area (Å²) in [4.78, 5) is 12.1. The van der Waals surface area contributed by atoms with Gasteiger partial charge in [0.1, 0.15) is 5.75 Å². The summed E-state index contributed by atoms with van der Waals surface area (Å²) in [6, 6.07) is 17.1. The Morgan fingerprint density at radius 3 is 2.62 bits per heavy atom. The summed E-state index contributed by atoms with van der Waals surface area (Å²) in [5, 5.41) is 19.6. The fraction of sp³-hybridized carbons (Fsp3) is 0.158. The summed E-state index contributed by atoms with van der Waals surface area (Å²) >= 11 is 0. The molecule has 3 N–H and O–H groups in total. The molecule has 1 heterocycles. The van der Waals surface area contributed by atoms with Crippen molar-refractivity contribution >= 4 is 11.6 Å². The van der Waals surface area contributed by atoms with E-state index in [1.807, 2.05) is 49.4 Å². The van der Waals surface area contributed by atoms with E-state index in [-0.39, 0.29) is 18.1 Å². The molecule has 0 saturated heterocycles. The molecule has 0 aliphatic rings. The average Bonchev–Trinajstić information content (AvgIpc) is 2.96. The molecule has 1 aromatic heterocycles. The monoisotopic (exact) mass is 321 g/mol. The van der Waals surface area contributed by atoms with Gasteiger partial charge >= 0.3 is 0 Å². The van der Waals surface area contributed by atoms with Crippen molar-refractivity contribution < 1.29 is 9.90 Å². The molecule has 0 unspecified atom stereocenters. The minimum Gasteiger partial charge on any atom is -0.506 e. The molecular formula is C19H19N3O2. The molecule has 0 atom stereocenters. The summed E-state index contributed by atoms with van der Waals surface area (Å²) in [6.07, 6.45) is 0.898. The number of H-pyrrole nitrogens is 1. The second kappa shape index (κ2) is 7.00. The Hall–Kier alpha value is -3.08. The van der Waals surface area contributed by atoms with Crippen molar-refractivity contribution in [1.29, 1.82) is 0 Å². The Morgan fingerprint density at radius 2 is 1.92 bits per heavy atom. The highest BCUT2D eigenvalue weighted by molar-refractivity contribution is 5.93. The van der Waals surface area contributed by atoms with E-state index in [4.69, 9.17) is 0 Å². The number of benzene rings is 2. The van der Waals surface area contributed by atoms with Crippen LogP contribution >= 0.6 is 0 Å². The molecule has 2 aromatic carbocycles. The number of phenolic OH excluding ortho intramolecular Hbond substituents is 1. The number of aromatic hydroxyl groups is 1. The van der Waals surface area contributed by atoms with Crippen molar-refractivity contribution in [3.63, 3.8) is 0 Å². The van der Waals surface area contributed by atoms with E-state index < -0.39 is 0 Å². The second-order valence-corrected chi connectivity index (χ2v) is 5.78. The van der Waals surface area contributed by atoms with Crippen molar-refractivity contribution in [3.05, 3.63) is 77.1 Å². The number of carbonyl (C=O) groups is 1. The van der Waals surface area contributed by atoms with Gasteiger partial charge in [0, 0.05) is 5.69 Å². The zero-order valence-electron chi connectivity index (χ0n) is 13.4. The van der Waals surface area contributed by atoms with Crippen LogP contribution in [-0.4, -0.2) is 21.2 Å². The minimum absolute atomic E-state index is 0.0540. The summed E-state index contributed by atoms with van der Waals surface area (Å²) in [7, 11) is 0. The van der Waals surface area contributed by atoms with Gasteiger partial charge in [-0.05, 0) is 42.7 Å². The lowest BCUT2D eigenvalue weighted by Crippen LogP contribution is -2.15. The van der Waals surface area contributed by atoms with Crippen LogP contribution in [0, 0.1) is 6.92 Å². The largest absolute Gasteiger partial charge is 0.506 e. The summed E-state index contributed by atoms with van der Waals surface area (Å²) in [5.41, 5.74) is 4.19. The van der Waals surface area contributed by atoms with E-state index in [1.165, 1.54) is 5.56 Å². The van der Waals surface area contributed by atoms with Gasteiger partial charge in [0.2, 0.25) is 5.91 Å². The van der Waals surface area contributed by atoms with E-state index in [0.717, 1.165) is 17.7 Å². The van der Waals surface area contributed by atoms with Crippen LogP contribution in [0.15, 0.2) is 54.6 Å². The Labute approximate surface area is 140 Å². The predicted octanol–water partition coefficient (Wildman–Crippen LogP) is 3.20. The zero-order valence-corrected chi connectivity index (χ0v) is 13.4. The standard InChI is InChI=1S/C19H19N3O2/c1-13-9-16(22-21-13)12-19(24)20-17-11-15(7-8-18(17)23)10-14-5-3-2-4-6-14/h2-9,11,23H,10,12H2,1H3,(H,20,24)(H,21,22). The molecule has 0 aliphatic carbocycles. The number of anilines is 1. The van der Waals surface area contributed by atoms with Gasteiger partial charge in [-0.25, -0.2) is 0 Å². The normalized spacial score (nSPS) is 10.5. The van der Waals surface area contributed by atoms with Gasteiger partial charge in [-0.3, -0.25) is 9.89 Å². The van der Waals surface area contributed by atoms with Crippen LogP contribution in [-0.2, 0) is 17.6 Å². The number of amides is 1. The van der Waals surface area contributed by atoms with Crippen LogP contribution in [0.25, 0.3) is 0 Å². The maximum atomic E-state index is 12.1. The van der Waals surface area contributed by atoms with Gasteiger partial charge in [0.15, 0.2) is 0 Å². The third-order valence-corrected chi connectivity index (χ3v) is 3.69. The molecular weight excluding hydrogens is 302 g/mol. The number of phenols is 1. The molecule has 1 amide bonds. The summed E-state index contributed by atoms with van der Waals surface area (Å²) in [5.74, 6) is -0.160. The highest BCUT2D eigenvalue weighted by Gasteiger charge is 2.10. The minimum atomic E-state index is -0.214. The first-order valence-electron chi connectivity index (χ1n) is 7.77. The molecule has 0 aliphatic heterocycles. The van der Waals surface area contributed by atoms with Gasteiger partial charge in [0.25, 0.3) is 0 Å². The molecule has 0 radical (unpaired) electrons. The molecule has 0 spiro atoms. The SMILES string of the molecule is Cc1cc(CC(=O)Nc2cc(Cc3ccccc3)ccc2O)n[nH]1. The van der Waals surface area contributed by atoms with E-state index in [9.17, 15) is 9.90 Å². The van der Waals surface area contributed by atoms with Gasteiger partial charge in [-0.15, -0.1) is 0 Å². The lowest BCUT2D eigenvalue weighted by atomic mass is 10.0. The van der Waals surface area contributed by atoms with Gasteiger partial charge in [-0.1, -0.05) is 36.4 Å². The van der Waals surface area contributed by atoms with Crippen LogP contribution in [0.3, 0.4) is 0 Å². The number of aromatic nitrogens is 2. The fourth-order valence-corrected chi connectivity index (χ4v) is 2.55. The topological polar surface area (TPSA) is 78.0 Å². The number of hydrogen-bond acceptors (Lipinski definition) is 3. The number of aryl methyl sites for hydroxylation is 1. The van der Waals surface area contributed by atoms with Crippen molar-refractivity contribution in [2.75, 3.05) is 5.32 Å². The molecule has 0 fully saturated rings. The molecule has 3 rings (SSSR count). The predicted molar refractivity (Wildman–Crippen MR) is 93.0 cm³/mol. The van der Waals surface area contributed by atoms with Crippen LogP contribution in [0.5, 0.6) is 5.75 Å². The highest BCUT2D eigenvalue weighted by Crippen LogP contribution is 2.25. The van der Waals surface area contributed by atoms with Crippen LogP contribution in [0.4, 0.5) is 5.69 Å². The number of aromatic amines is 1. The van der Waals surface area contributed by atoms with Crippen molar-refractivity contribution in [2.45, 2.75) is 19.8 Å². The molecule has 3 aromatic rings. The van der Waals surface area contributed by atoms with Gasteiger partial charge in [-0.2, -0.15) is 5.10 Å². The van der Waals surface area contributed by atoms with Crippen LogP contribution in [0.1, 0.15) is 22.5 Å². The number of nitrogens with zero attached hydrogens (tertiary/aromatic N) is 1. The zero-order chi connectivity index (χ0) is 16.9. The van der Waals surface area contributed by atoms with E-state index in [0.29, 0.717) is 11.4 Å². The van der Waals surface area contributed by atoms with Crippen LogP contribution in [0.2, 0.25) is 0 Å². The smallest absolute Gasteiger partial charge is 0.230 e. The summed E-state index contributed by atoms with van der Waals surface area (Å²) < 4.78 is 0. The molecule has 24 heavy (non-hydrogen) atoms. The number of hydrogen-bond donors (Lipinski definition) is 3. The lowest BCUT2D eigenvalue weighted by Gasteiger charge is -2.09. The molecule has 0 bridgehead atoms. The number of nitrogens with one attached hydrogen (secondary N) is 2. The quantitative estimate of drug-likeness (QED) is 0.632. The van der Waals surface area contributed by atoms with Crippen LogP contribution < -0.4 is 5.32 Å². The summed E-state index contributed by atoms with van der Waals surface area (Å²) in [6.45, 7) is 1.88. The van der Waals surface area contributed by atoms with Crippen molar-refractivity contribution in [2.24, 2.45) is 0 Å². The third-order valence-electron chi connectivity index (χ3n) is 3.69. The van der Waals surface area contributed by atoms with Gasteiger partial charge in [0.05, 0.1) is 17.8 Å². The Kier molecular flexibility index (Phi) is 4.61. The van der Waals surface area contributed by atoms with Gasteiger partial charge < -0.3 is 10.4 Å². The highest BCUT2D eigenvalue weighted by atomic mass is 16.3. The van der Waals surface area contributed by atoms with E-state index in [1.54, 1.807) is 12.1 Å². The molecule has 5 heteroatoms. The maximum absolute atomic E-state index is 12.1. The number of carbonyl (C=O) groups excluding carboxylic acids is 1. The molecule has 0 saturated carbocycles. The average molecular weight is 321 g/mol. The fourth-order valence-electron chi connectivity index (χ4n) is 2.55. The first-order valence-corrected chi connectivity index (χ1v) is 7.77. The number of rotatable bonds is 5. The Bertz CT molecular complexity index is 841. The third kappa shape index (κ3) is 4.01. The first-order chi connectivity index (χ1) is 11.6. The Morgan fingerprint density at radius 1 is 1.12 bits per heavy atom. The second-order valence-electron chi connectivity index (χ2n) is 5.78. The maximum Gasteiger partial charge on any atom is 0.230 e. The van der Waals surface area contributed by atoms with E-state index >= 15 is 0 Å². The van der Waals surface area contributed by atoms with Crippen molar-refractivity contribution in [3.8, 4) is 5.75 Å².